The number of piperidine rings is 1. The summed E-state index contributed by atoms with van der Waals surface area (Å²) < 4.78 is 0. The van der Waals surface area contributed by atoms with Gasteiger partial charge < -0.3 is 11.1 Å². The average Bonchev–Trinajstić information content (AvgIpc) is 1.88. The molecule has 1 rings (SSSR count). The maximum atomic E-state index is 5.48. The second-order valence-electron chi connectivity index (χ2n) is 3.32. The van der Waals surface area contributed by atoms with E-state index in [4.69, 9.17) is 5.73 Å². The molecule has 0 aliphatic carbocycles. The molecule has 1 aliphatic heterocycles. The summed E-state index contributed by atoms with van der Waals surface area (Å²) in [5.41, 5.74) is 5.48. The van der Waals surface area contributed by atoms with Crippen LogP contribution in [0.3, 0.4) is 0 Å². The van der Waals surface area contributed by atoms with Crippen molar-refractivity contribution in [3.63, 3.8) is 0 Å². The first-order valence-corrected chi connectivity index (χ1v) is 4.26. The topological polar surface area (TPSA) is 38.0 Å². The summed E-state index contributed by atoms with van der Waals surface area (Å²) in [5.74, 6) is 0.890. The van der Waals surface area contributed by atoms with Gasteiger partial charge in [-0.3, -0.25) is 0 Å². The highest BCUT2D eigenvalue weighted by Gasteiger charge is 2.16. The highest BCUT2D eigenvalue weighted by atomic mass is 35.5. The zero-order valence-corrected chi connectivity index (χ0v) is 9.22. The summed E-state index contributed by atoms with van der Waals surface area (Å²) in [7, 11) is 0. The highest BCUT2D eigenvalue weighted by molar-refractivity contribution is 5.85. The van der Waals surface area contributed by atoms with Crippen molar-refractivity contribution >= 4 is 24.8 Å². The fourth-order valence-electron chi connectivity index (χ4n) is 1.73. The normalized spacial score (nSPS) is 28.5. The van der Waals surface area contributed by atoms with E-state index in [9.17, 15) is 0 Å². The number of rotatable bonds is 2. The van der Waals surface area contributed by atoms with Gasteiger partial charge in [-0.25, -0.2) is 0 Å². The maximum Gasteiger partial charge on any atom is 0.00413 e. The van der Waals surface area contributed by atoms with Crippen molar-refractivity contribution in [3.05, 3.63) is 0 Å². The van der Waals surface area contributed by atoms with Crippen LogP contribution in [0.25, 0.3) is 0 Å². The van der Waals surface area contributed by atoms with Gasteiger partial charge in [0.2, 0.25) is 0 Å². The molecule has 0 aromatic heterocycles. The fourth-order valence-corrected chi connectivity index (χ4v) is 1.73. The van der Waals surface area contributed by atoms with Gasteiger partial charge in [-0.2, -0.15) is 0 Å². The van der Waals surface area contributed by atoms with E-state index >= 15 is 0 Å². The molecule has 1 fully saturated rings. The van der Waals surface area contributed by atoms with Crippen molar-refractivity contribution in [3.8, 4) is 0 Å². The molecule has 0 radical (unpaired) electrons. The van der Waals surface area contributed by atoms with Crippen LogP contribution in [0.2, 0.25) is 0 Å². The molecule has 1 heterocycles. The number of nitrogens with two attached hydrogens (primary N) is 1. The maximum absolute atomic E-state index is 5.48. The van der Waals surface area contributed by atoms with Crippen LogP contribution in [-0.2, 0) is 0 Å². The Balaban J connectivity index is 0. The van der Waals surface area contributed by atoms with Gasteiger partial charge in [0.15, 0.2) is 0 Å². The first kappa shape index (κ1) is 15.0. The first-order valence-electron chi connectivity index (χ1n) is 4.26. The Morgan fingerprint density at radius 2 is 2.08 bits per heavy atom. The predicted molar refractivity (Wildman–Crippen MR) is 58.4 cm³/mol. The highest BCUT2D eigenvalue weighted by Crippen LogP contribution is 2.18. The Morgan fingerprint density at radius 3 is 2.58 bits per heavy atom. The van der Waals surface area contributed by atoms with Gasteiger partial charge in [-0.15, -0.1) is 24.8 Å². The zero-order chi connectivity index (χ0) is 7.40. The molecule has 3 N–H and O–H groups in total. The molecule has 12 heavy (non-hydrogen) atoms. The summed E-state index contributed by atoms with van der Waals surface area (Å²) >= 11 is 0. The zero-order valence-electron chi connectivity index (χ0n) is 7.58. The summed E-state index contributed by atoms with van der Waals surface area (Å²) in [6, 6.07) is 0.713. The first-order chi connectivity index (χ1) is 4.83. The van der Waals surface area contributed by atoms with Gasteiger partial charge in [-0.05, 0) is 45.2 Å². The molecule has 0 aromatic rings. The molecular weight excluding hydrogens is 195 g/mol. The van der Waals surface area contributed by atoms with Gasteiger partial charge in [0, 0.05) is 6.04 Å². The van der Waals surface area contributed by atoms with Gasteiger partial charge >= 0.3 is 0 Å². The monoisotopic (exact) mass is 214 g/mol. The summed E-state index contributed by atoms with van der Waals surface area (Å²) in [6.45, 7) is 4.30. The molecule has 76 valence electrons. The van der Waals surface area contributed by atoms with Crippen LogP contribution in [0.4, 0.5) is 0 Å². The number of nitrogens with one attached hydrogen (secondary N) is 1. The number of hydrogen-bond donors (Lipinski definition) is 2. The van der Waals surface area contributed by atoms with Gasteiger partial charge in [0.1, 0.15) is 0 Å². The van der Waals surface area contributed by atoms with Crippen molar-refractivity contribution < 1.29 is 0 Å². The van der Waals surface area contributed by atoms with Crippen molar-refractivity contribution in [2.24, 2.45) is 11.7 Å². The third-order valence-corrected chi connectivity index (χ3v) is 2.31. The second kappa shape index (κ2) is 8.11. The van der Waals surface area contributed by atoms with E-state index in [-0.39, 0.29) is 24.8 Å². The van der Waals surface area contributed by atoms with E-state index < -0.39 is 0 Å². The Bertz CT molecular complexity index is 99.1. The average molecular weight is 215 g/mol. The molecule has 0 aromatic carbocycles. The van der Waals surface area contributed by atoms with E-state index in [1.165, 1.54) is 25.8 Å². The summed E-state index contributed by atoms with van der Waals surface area (Å²) in [5, 5.41) is 3.43. The van der Waals surface area contributed by atoms with Crippen molar-refractivity contribution in [1.82, 2.24) is 5.32 Å². The predicted octanol–water partition coefficient (Wildman–Crippen LogP) is 1.57. The molecule has 0 saturated carbocycles. The summed E-state index contributed by atoms with van der Waals surface area (Å²) in [6.07, 6.45) is 3.85. The molecule has 2 unspecified atom stereocenters. The van der Waals surface area contributed by atoms with Crippen molar-refractivity contribution in [2.45, 2.75) is 32.2 Å². The number of hydrogen-bond acceptors (Lipinski definition) is 2. The van der Waals surface area contributed by atoms with E-state index in [1.807, 2.05) is 0 Å². The minimum absolute atomic E-state index is 0. The Kier molecular flexibility index (Phi) is 10.1. The van der Waals surface area contributed by atoms with Crippen molar-refractivity contribution in [1.29, 1.82) is 0 Å². The molecule has 1 saturated heterocycles. The van der Waals surface area contributed by atoms with Crippen molar-refractivity contribution in [2.75, 3.05) is 13.1 Å². The molecule has 1 aliphatic rings. The van der Waals surface area contributed by atoms with E-state index in [0.717, 1.165) is 12.5 Å². The van der Waals surface area contributed by atoms with Crippen LogP contribution in [0.5, 0.6) is 0 Å². The molecule has 2 nitrogen and oxygen atoms in total. The molecule has 0 spiro atoms. The molecule has 4 heteroatoms. The lowest BCUT2D eigenvalue weighted by Gasteiger charge is -2.27. The number of halogens is 2. The van der Waals surface area contributed by atoms with Crippen LogP contribution >= 0.6 is 24.8 Å². The third-order valence-electron chi connectivity index (χ3n) is 2.31. The smallest absolute Gasteiger partial charge is 0.00413 e. The van der Waals surface area contributed by atoms with Crippen LogP contribution in [0.1, 0.15) is 26.2 Å². The quantitative estimate of drug-likeness (QED) is 0.733. The SMILES string of the molecule is CC1CC(CCN)CCN1.Cl.Cl. The molecule has 2 atom stereocenters. The lowest BCUT2D eigenvalue weighted by atomic mass is 9.91. The van der Waals surface area contributed by atoms with E-state index in [1.54, 1.807) is 0 Å². The Labute approximate surface area is 87.5 Å². The van der Waals surface area contributed by atoms with Crippen LogP contribution in [0.15, 0.2) is 0 Å². The van der Waals surface area contributed by atoms with Crippen LogP contribution in [-0.4, -0.2) is 19.1 Å². The lowest BCUT2D eigenvalue weighted by Crippen LogP contribution is -2.36. The van der Waals surface area contributed by atoms with Crippen LogP contribution < -0.4 is 11.1 Å². The van der Waals surface area contributed by atoms with E-state index in [2.05, 4.69) is 12.2 Å². The lowest BCUT2D eigenvalue weighted by molar-refractivity contribution is 0.304. The van der Waals surface area contributed by atoms with Gasteiger partial charge in [-0.1, -0.05) is 0 Å². The third kappa shape index (κ3) is 5.20. The molecule has 0 bridgehead atoms. The van der Waals surface area contributed by atoms with E-state index in [0.29, 0.717) is 6.04 Å². The second-order valence-corrected chi connectivity index (χ2v) is 3.32. The minimum atomic E-state index is 0. The minimum Gasteiger partial charge on any atom is -0.330 e. The summed E-state index contributed by atoms with van der Waals surface area (Å²) in [4.78, 5) is 0. The Hall–Kier alpha value is 0.500. The van der Waals surface area contributed by atoms with Gasteiger partial charge in [0.05, 0.1) is 0 Å². The molecular formula is C8H20Cl2N2. The Morgan fingerprint density at radius 1 is 1.42 bits per heavy atom. The standard InChI is InChI=1S/C8H18N2.2ClH/c1-7-6-8(2-4-9)3-5-10-7;;/h7-8,10H,2-6,9H2,1H3;2*1H. The largest absolute Gasteiger partial charge is 0.330 e. The van der Waals surface area contributed by atoms with Gasteiger partial charge in [0.25, 0.3) is 0 Å². The molecule has 0 amide bonds. The van der Waals surface area contributed by atoms with Crippen LogP contribution in [0, 0.1) is 5.92 Å². The fraction of sp³-hybridized carbons (Fsp3) is 1.00.